The predicted octanol–water partition coefficient (Wildman–Crippen LogP) is 5.01. The number of hydrogen-bond acceptors (Lipinski definition) is 1. The minimum Gasteiger partial charge on any atom is -0.338 e. The van der Waals surface area contributed by atoms with E-state index in [0.717, 1.165) is 12.0 Å². The molecular weight excluding hydrogens is 331 g/mol. The van der Waals surface area contributed by atoms with E-state index in [1.807, 2.05) is 24.3 Å². The third-order valence-corrected chi connectivity index (χ3v) is 3.59. The van der Waals surface area contributed by atoms with Crippen LogP contribution in [-0.2, 0) is 6.42 Å². The molecule has 0 saturated carbocycles. The van der Waals surface area contributed by atoms with E-state index in [1.165, 1.54) is 0 Å². The fourth-order valence-corrected chi connectivity index (χ4v) is 2.31. The maximum absolute atomic E-state index is 11.8. The van der Waals surface area contributed by atoms with E-state index in [1.54, 1.807) is 18.2 Å². The van der Waals surface area contributed by atoms with Crippen molar-refractivity contribution in [3.05, 3.63) is 63.1 Å². The summed E-state index contributed by atoms with van der Waals surface area (Å²) in [4.78, 5) is 11.8. The molecule has 0 radical (unpaired) electrons. The van der Waals surface area contributed by atoms with Crippen molar-refractivity contribution in [2.24, 2.45) is 0 Å². The van der Waals surface area contributed by atoms with E-state index in [2.05, 4.69) is 10.6 Å². The summed E-state index contributed by atoms with van der Waals surface area (Å²) in [5.41, 5.74) is 1.62. The molecule has 0 aliphatic rings. The van der Waals surface area contributed by atoms with Crippen LogP contribution in [0.4, 0.5) is 10.5 Å². The number of urea groups is 1. The third kappa shape index (κ3) is 5.12. The predicted molar refractivity (Wildman–Crippen MR) is 88.6 cm³/mol. The van der Waals surface area contributed by atoms with E-state index in [-0.39, 0.29) is 6.03 Å². The summed E-state index contributed by atoms with van der Waals surface area (Å²) in [7, 11) is 0. The summed E-state index contributed by atoms with van der Waals surface area (Å²) < 4.78 is 0. The molecule has 0 aliphatic heterocycles. The number of amides is 2. The SMILES string of the molecule is O=C(NCCc1ccc(Cl)cc1)Nc1ccc(Cl)cc1Cl. The first kappa shape index (κ1) is 16.0. The fraction of sp³-hybridized carbons (Fsp3) is 0.133. The second-order valence-electron chi connectivity index (χ2n) is 4.38. The lowest BCUT2D eigenvalue weighted by molar-refractivity contribution is 0.252. The minimum absolute atomic E-state index is 0.312. The van der Waals surface area contributed by atoms with Crippen molar-refractivity contribution in [3.63, 3.8) is 0 Å². The summed E-state index contributed by atoms with van der Waals surface area (Å²) in [5.74, 6) is 0. The van der Waals surface area contributed by atoms with Crippen LogP contribution in [0.25, 0.3) is 0 Å². The minimum atomic E-state index is -0.312. The molecule has 6 heteroatoms. The molecule has 0 saturated heterocycles. The van der Waals surface area contributed by atoms with E-state index in [4.69, 9.17) is 34.8 Å². The molecule has 21 heavy (non-hydrogen) atoms. The molecule has 0 aromatic heterocycles. The summed E-state index contributed by atoms with van der Waals surface area (Å²) in [6.07, 6.45) is 0.721. The highest BCUT2D eigenvalue weighted by Gasteiger charge is 2.05. The Morgan fingerprint density at radius 2 is 1.62 bits per heavy atom. The van der Waals surface area contributed by atoms with E-state index >= 15 is 0 Å². The Morgan fingerprint density at radius 1 is 0.952 bits per heavy atom. The molecule has 110 valence electrons. The number of rotatable bonds is 4. The second-order valence-corrected chi connectivity index (χ2v) is 5.66. The van der Waals surface area contributed by atoms with Crippen LogP contribution in [0.2, 0.25) is 15.1 Å². The Kier molecular flexibility index (Phi) is 5.74. The molecule has 2 N–H and O–H groups in total. The number of hydrogen-bond donors (Lipinski definition) is 2. The zero-order chi connectivity index (χ0) is 15.2. The Bertz CT molecular complexity index is 629. The van der Waals surface area contributed by atoms with Gasteiger partial charge in [-0.1, -0.05) is 46.9 Å². The molecule has 0 heterocycles. The Hall–Kier alpha value is -1.42. The molecule has 0 atom stereocenters. The molecule has 0 bridgehead atoms. The van der Waals surface area contributed by atoms with E-state index in [0.29, 0.717) is 27.3 Å². The maximum Gasteiger partial charge on any atom is 0.319 e. The van der Waals surface area contributed by atoms with Crippen LogP contribution in [-0.4, -0.2) is 12.6 Å². The summed E-state index contributed by atoms with van der Waals surface area (Å²) in [6, 6.07) is 12.1. The van der Waals surface area contributed by atoms with Crippen LogP contribution in [0, 0.1) is 0 Å². The number of carbonyl (C=O) groups is 1. The lowest BCUT2D eigenvalue weighted by Gasteiger charge is -2.09. The van der Waals surface area contributed by atoms with Gasteiger partial charge in [0, 0.05) is 16.6 Å². The van der Waals surface area contributed by atoms with Crippen LogP contribution < -0.4 is 10.6 Å². The zero-order valence-corrected chi connectivity index (χ0v) is 13.3. The molecule has 2 aromatic carbocycles. The molecule has 2 rings (SSSR count). The second kappa shape index (κ2) is 7.55. The average Bonchev–Trinajstić information content (AvgIpc) is 2.44. The van der Waals surface area contributed by atoms with Crippen molar-refractivity contribution in [2.75, 3.05) is 11.9 Å². The fourth-order valence-electron chi connectivity index (χ4n) is 1.73. The Labute approximate surface area is 138 Å². The van der Waals surface area contributed by atoms with Crippen molar-refractivity contribution < 1.29 is 4.79 Å². The first-order valence-electron chi connectivity index (χ1n) is 6.29. The quantitative estimate of drug-likeness (QED) is 0.805. The van der Waals surface area contributed by atoms with Crippen molar-refractivity contribution in [1.82, 2.24) is 5.32 Å². The van der Waals surface area contributed by atoms with Crippen LogP contribution in [0.3, 0.4) is 0 Å². The highest BCUT2D eigenvalue weighted by molar-refractivity contribution is 6.36. The monoisotopic (exact) mass is 342 g/mol. The van der Waals surface area contributed by atoms with Crippen molar-refractivity contribution in [2.45, 2.75) is 6.42 Å². The van der Waals surface area contributed by atoms with Crippen LogP contribution in [0.5, 0.6) is 0 Å². The highest BCUT2D eigenvalue weighted by Crippen LogP contribution is 2.25. The van der Waals surface area contributed by atoms with Gasteiger partial charge in [-0.15, -0.1) is 0 Å². The largest absolute Gasteiger partial charge is 0.338 e. The molecule has 2 aromatic rings. The topological polar surface area (TPSA) is 41.1 Å². The lowest BCUT2D eigenvalue weighted by Crippen LogP contribution is -2.30. The number of carbonyl (C=O) groups excluding carboxylic acids is 1. The summed E-state index contributed by atoms with van der Waals surface area (Å²) in [5, 5.41) is 7.05. The standard InChI is InChI=1S/C15H13Cl3N2O/c16-11-3-1-10(2-4-11)7-8-19-15(21)20-14-6-5-12(17)9-13(14)18/h1-6,9H,7-8H2,(H2,19,20,21). The Balaban J connectivity index is 1.81. The van der Waals surface area contributed by atoms with Crippen LogP contribution in [0.1, 0.15) is 5.56 Å². The molecule has 2 amide bonds. The van der Waals surface area contributed by atoms with Gasteiger partial charge in [0.25, 0.3) is 0 Å². The number of nitrogens with one attached hydrogen (secondary N) is 2. The molecule has 0 fully saturated rings. The van der Waals surface area contributed by atoms with E-state index in [9.17, 15) is 4.79 Å². The third-order valence-electron chi connectivity index (χ3n) is 2.79. The molecule has 0 aliphatic carbocycles. The Morgan fingerprint density at radius 3 is 2.29 bits per heavy atom. The normalized spacial score (nSPS) is 10.2. The number of halogens is 3. The van der Waals surface area contributed by atoms with Gasteiger partial charge in [-0.2, -0.15) is 0 Å². The molecule has 0 unspecified atom stereocenters. The lowest BCUT2D eigenvalue weighted by atomic mass is 10.1. The van der Waals surface area contributed by atoms with Gasteiger partial charge in [0.05, 0.1) is 10.7 Å². The molecular formula is C15H13Cl3N2O. The zero-order valence-electron chi connectivity index (χ0n) is 11.0. The van der Waals surface area contributed by atoms with Crippen LogP contribution in [0.15, 0.2) is 42.5 Å². The molecule has 0 spiro atoms. The van der Waals surface area contributed by atoms with Gasteiger partial charge in [0.2, 0.25) is 0 Å². The molecule has 3 nitrogen and oxygen atoms in total. The van der Waals surface area contributed by atoms with Gasteiger partial charge in [-0.05, 0) is 42.3 Å². The van der Waals surface area contributed by atoms with Gasteiger partial charge in [-0.3, -0.25) is 0 Å². The number of anilines is 1. The highest BCUT2D eigenvalue weighted by atomic mass is 35.5. The average molecular weight is 344 g/mol. The van der Waals surface area contributed by atoms with E-state index < -0.39 is 0 Å². The van der Waals surface area contributed by atoms with Crippen molar-refractivity contribution in [1.29, 1.82) is 0 Å². The number of benzene rings is 2. The smallest absolute Gasteiger partial charge is 0.319 e. The maximum atomic E-state index is 11.8. The summed E-state index contributed by atoms with van der Waals surface area (Å²) >= 11 is 17.6. The van der Waals surface area contributed by atoms with Gasteiger partial charge in [-0.25, -0.2) is 4.79 Å². The van der Waals surface area contributed by atoms with Crippen molar-refractivity contribution >= 4 is 46.5 Å². The van der Waals surface area contributed by atoms with Gasteiger partial charge in [0.1, 0.15) is 0 Å². The summed E-state index contributed by atoms with van der Waals surface area (Å²) in [6.45, 7) is 0.513. The first-order valence-corrected chi connectivity index (χ1v) is 7.42. The van der Waals surface area contributed by atoms with Gasteiger partial charge >= 0.3 is 6.03 Å². The van der Waals surface area contributed by atoms with Gasteiger partial charge < -0.3 is 10.6 Å². The van der Waals surface area contributed by atoms with Gasteiger partial charge in [0.15, 0.2) is 0 Å². The van der Waals surface area contributed by atoms with Crippen LogP contribution >= 0.6 is 34.8 Å². The van der Waals surface area contributed by atoms with Crippen molar-refractivity contribution in [3.8, 4) is 0 Å². The first-order chi connectivity index (χ1) is 10.0.